The normalized spacial score (nSPS) is 12.8. The Kier molecular flexibility index (Phi) is 5.18. The van der Waals surface area contributed by atoms with E-state index >= 15 is 0 Å². The first-order valence-corrected chi connectivity index (χ1v) is 6.38. The van der Waals surface area contributed by atoms with Gasteiger partial charge in [0.2, 0.25) is 0 Å². The van der Waals surface area contributed by atoms with Crippen molar-refractivity contribution in [3.05, 3.63) is 29.8 Å². The van der Waals surface area contributed by atoms with E-state index in [0.717, 1.165) is 17.7 Å². The molecule has 0 fully saturated rings. The Morgan fingerprint density at radius 2 is 2.06 bits per heavy atom. The maximum atomic E-state index is 8.95. The Balaban J connectivity index is 2.66. The predicted molar refractivity (Wildman–Crippen MR) is 73.2 cm³/mol. The molecule has 1 rings (SSSR count). The lowest BCUT2D eigenvalue weighted by atomic mass is 9.92. The van der Waals surface area contributed by atoms with Crippen molar-refractivity contribution < 1.29 is 4.74 Å². The highest BCUT2D eigenvalue weighted by atomic mass is 16.5. The summed E-state index contributed by atoms with van der Waals surface area (Å²) in [5.41, 5.74) is 6.74. The van der Waals surface area contributed by atoms with Crippen LogP contribution in [0, 0.1) is 16.7 Å². The van der Waals surface area contributed by atoms with Gasteiger partial charge in [-0.1, -0.05) is 25.1 Å². The highest BCUT2D eigenvalue weighted by molar-refractivity contribution is 5.35. The Hall–Kier alpha value is -1.53. The average molecular weight is 246 g/mol. The summed E-state index contributed by atoms with van der Waals surface area (Å²) in [5, 5.41) is 8.95. The molecule has 0 spiro atoms. The highest BCUT2D eigenvalue weighted by Gasteiger charge is 2.17. The molecule has 0 saturated heterocycles. The molecule has 0 bridgehead atoms. The molecule has 2 N–H and O–H groups in total. The van der Waals surface area contributed by atoms with Gasteiger partial charge in [0.05, 0.1) is 18.1 Å². The lowest BCUT2D eigenvalue weighted by molar-refractivity contribution is 0.261. The van der Waals surface area contributed by atoms with Gasteiger partial charge in [0.15, 0.2) is 0 Å². The Labute approximate surface area is 110 Å². The van der Waals surface area contributed by atoms with E-state index in [-0.39, 0.29) is 11.5 Å². The smallest absolute Gasteiger partial charge is 0.124 e. The molecule has 1 atom stereocenters. The second-order valence-corrected chi connectivity index (χ2v) is 5.15. The fourth-order valence-corrected chi connectivity index (χ4v) is 1.61. The van der Waals surface area contributed by atoms with E-state index in [4.69, 9.17) is 15.7 Å². The van der Waals surface area contributed by atoms with Crippen LogP contribution in [0.4, 0.5) is 0 Å². The van der Waals surface area contributed by atoms with Gasteiger partial charge in [-0.25, -0.2) is 0 Å². The van der Waals surface area contributed by atoms with E-state index in [2.05, 4.69) is 13.0 Å². The molecule has 3 heteroatoms. The van der Waals surface area contributed by atoms with Crippen LogP contribution in [0.25, 0.3) is 0 Å². The van der Waals surface area contributed by atoms with Crippen LogP contribution in [0.15, 0.2) is 24.3 Å². The summed E-state index contributed by atoms with van der Waals surface area (Å²) in [6.45, 7) is 6.42. The quantitative estimate of drug-likeness (QED) is 0.836. The molecule has 3 nitrogen and oxygen atoms in total. The Bertz CT molecular complexity index is 421. The topological polar surface area (TPSA) is 59.0 Å². The van der Waals surface area contributed by atoms with Crippen LogP contribution in [-0.2, 0) is 0 Å². The Morgan fingerprint density at radius 3 is 2.67 bits per heavy atom. The zero-order chi connectivity index (χ0) is 13.6. The number of nitriles is 1. The summed E-state index contributed by atoms with van der Waals surface area (Å²) in [4.78, 5) is 0. The SMILES string of the molecule is CCC(N)c1ccccc1OCCC(C)(C)C#N. The van der Waals surface area contributed by atoms with Gasteiger partial charge in [-0.15, -0.1) is 0 Å². The third kappa shape index (κ3) is 4.05. The fourth-order valence-electron chi connectivity index (χ4n) is 1.61. The minimum absolute atomic E-state index is 0.00479. The summed E-state index contributed by atoms with van der Waals surface area (Å²) >= 11 is 0. The summed E-state index contributed by atoms with van der Waals surface area (Å²) in [5.74, 6) is 0.834. The summed E-state index contributed by atoms with van der Waals surface area (Å²) in [7, 11) is 0. The molecule has 0 aliphatic carbocycles. The van der Waals surface area contributed by atoms with Crippen LogP contribution >= 0.6 is 0 Å². The molecule has 0 amide bonds. The third-order valence-corrected chi connectivity index (χ3v) is 3.05. The van der Waals surface area contributed by atoms with Crippen molar-refractivity contribution in [2.45, 2.75) is 39.7 Å². The van der Waals surface area contributed by atoms with Gasteiger partial charge >= 0.3 is 0 Å². The van der Waals surface area contributed by atoms with Gasteiger partial charge in [-0.2, -0.15) is 5.26 Å². The molecule has 1 aromatic carbocycles. The second-order valence-electron chi connectivity index (χ2n) is 5.15. The van der Waals surface area contributed by atoms with Gasteiger partial charge in [0.1, 0.15) is 5.75 Å². The van der Waals surface area contributed by atoms with Crippen LogP contribution in [0.2, 0.25) is 0 Å². The number of rotatable bonds is 6. The minimum atomic E-state index is -0.345. The van der Waals surface area contributed by atoms with E-state index in [1.165, 1.54) is 0 Å². The number of hydrogen-bond donors (Lipinski definition) is 1. The number of hydrogen-bond acceptors (Lipinski definition) is 3. The zero-order valence-corrected chi connectivity index (χ0v) is 11.4. The van der Waals surface area contributed by atoms with Gasteiger partial charge in [-0.05, 0) is 32.8 Å². The average Bonchev–Trinajstić information content (AvgIpc) is 2.38. The highest BCUT2D eigenvalue weighted by Crippen LogP contribution is 2.26. The van der Waals surface area contributed by atoms with Crippen molar-refractivity contribution in [2.24, 2.45) is 11.1 Å². The van der Waals surface area contributed by atoms with Crippen molar-refractivity contribution in [3.63, 3.8) is 0 Å². The molecule has 0 saturated carbocycles. The first kappa shape index (κ1) is 14.5. The lowest BCUT2D eigenvalue weighted by Gasteiger charge is -2.18. The minimum Gasteiger partial charge on any atom is -0.493 e. The molecule has 0 aromatic heterocycles. The largest absolute Gasteiger partial charge is 0.493 e. The zero-order valence-electron chi connectivity index (χ0n) is 11.4. The number of ether oxygens (including phenoxy) is 1. The molecule has 1 aromatic rings. The van der Waals surface area contributed by atoms with Crippen LogP contribution in [-0.4, -0.2) is 6.61 Å². The van der Waals surface area contributed by atoms with Crippen molar-refractivity contribution in [2.75, 3.05) is 6.61 Å². The first-order valence-electron chi connectivity index (χ1n) is 6.38. The third-order valence-electron chi connectivity index (χ3n) is 3.05. The van der Waals surface area contributed by atoms with Gasteiger partial charge in [0, 0.05) is 11.6 Å². The maximum Gasteiger partial charge on any atom is 0.124 e. The van der Waals surface area contributed by atoms with Crippen LogP contribution < -0.4 is 10.5 Å². The molecule has 0 radical (unpaired) electrons. The van der Waals surface area contributed by atoms with Crippen LogP contribution in [0.1, 0.15) is 45.2 Å². The van der Waals surface area contributed by atoms with Crippen molar-refractivity contribution in [3.8, 4) is 11.8 Å². The van der Waals surface area contributed by atoms with E-state index in [0.29, 0.717) is 13.0 Å². The number of nitrogens with two attached hydrogens (primary N) is 1. The molecule has 1 unspecified atom stereocenters. The molecule has 0 heterocycles. The number of para-hydroxylation sites is 1. The van der Waals surface area contributed by atoms with Crippen molar-refractivity contribution in [1.29, 1.82) is 5.26 Å². The maximum absolute atomic E-state index is 8.95. The molecule has 98 valence electrons. The van der Waals surface area contributed by atoms with Crippen LogP contribution in [0.5, 0.6) is 5.75 Å². The number of benzene rings is 1. The standard InChI is InChI=1S/C15H22N2O/c1-4-13(17)12-7-5-6-8-14(12)18-10-9-15(2,3)11-16/h5-8,13H,4,9-10,17H2,1-3H3. The summed E-state index contributed by atoms with van der Waals surface area (Å²) < 4.78 is 5.77. The van der Waals surface area contributed by atoms with Crippen molar-refractivity contribution >= 4 is 0 Å². The van der Waals surface area contributed by atoms with E-state index in [1.807, 2.05) is 38.1 Å². The fraction of sp³-hybridized carbons (Fsp3) is 0.533. The van der Waals surface area contributed by atoms with Gasteiger partial charge in [0.25, 0.3) is 0 Å². The summed E-state index contributed by atoms with van der Waals surface area (Å²) in [6.07, 6.45) is 1.59. The van der Waals surface area contributed by atoms with Crippen LogP contribution in [0.3, 0.4) is 0 Å². The van der Waals surface area contributed by atoms with Gasteiger partial charge < -0.3 is 10.5 Å². The molecular weight excluding hydrogens is 224 g/mol. The van der Waals surface area contributed by atoms with E-state index in [1.54, 1.807) is 0 Å². The van der Waals surface area contributed by atoms with Gasteiger partial charge in [-0.3, -0.25) is 0 Å². The van der Waals surface area contributed by atoms with Crippen molar-refractivity contribution in [1.82, 2.24) is 0 Å². The second kappa shape index (κ2) is 6.42. The molecule has 0 aliphatic rings. The molecule has 0 aliphatic heterocycles. The molecule has 18 heavy (non-hydrogen) atoms. The Morgan fingerprint density at radius 1 is 1.39 bits per heavy atom. The number of nitrogens with zero attached hydrogens (tertiary/aromatic N) is 1. The summed E-state index contributed by atoms with van der Waals surface area (Å²) in [6, 6.07) is 10.1. The van der Waals surface area contributed by atoms with E-state index < -0.39 is 0 Å². The predicted octanol–water partition coefficient (Wildman–Crippen LogP) is 3.42. The first-order chi connectivity index (χ1) is 8.50. The molecular formula is C15H22N2O. The lowest BCUT2D eigenvalue weighted by Crippen LogP contribution is -2.15. The monoisotopic (exact) mass is 246 g/mol. The van der Waals surface area contributed by atoms with E-state index in [9.17, 15) is 0 Å².